The topological polar surface area (TPSA) is 86.7 Å². The highest BCUT2D eigenvalue weighted by molar-refractivity contribution is 5.99. The van der Waals surface area contributed by atoms with Gasteiger partial charge in [-0.05, 0) is 51.2 Å². The first-order valence-electron chi connectivity index (χ1n) is 8.82. The lowest BCUT2D eigenvalue weighted by Gasteiger charge is -2.35. The van der Waals surface area contributed by atoms with Crippen molar-refractivity contribution in [1.82, 2.24) is 10.2 Å². The molecule has 2 aliphatic rings. The Balaban J connectivity index is 1.70. The molecule has 1 aromatic carbocycles. The summed E-state index contributed by atoms with van der Waals surface area (Å²) in [5, 5.41) is 12.1. The first kappa shape index (κ1) is 17.5. The van der Waals surface area contributed by atoms with Crippen LogP contribution in [0.15, 0.2) is 30.3 Å². The van der Waals surface area contributed by atoms with Crippen LogP contribution in [-0.2, 0) is 9.59 Å². The average molecular weight is 344 g/mol. The van der Waals surface area contributed by atoms with E-state index in [9.17, 15) is 14.4 Å². The summed E-state index contributed by atoms with van der Waals surface area (Å²) in [6, 6.07) is 8.86. The highest BCUT2D eigenvalue weighted by atomic mass is 16.4. The Hall–Kier alpha value is -2.37. The Morgan fingerprint density at radius 2 is 1.92 bits per heavy atom. The van der Waals surface area contributed by atoms with Crippen molar-refractivity contribution in [2.75, 3.05) is 6.54 Å². The van der Waals surface area contributed by atoms with Crippen LogP contribution in [0.4, 0.5) is 0 Å². The van der Waals surface area contributed by atoms with E-state index in [0.29, 0.717) is 37.8 Å². The van der Waals surface area contributed by atoms with Crippen LogP contribution >= 0.6 is 0 Å². The maximum absolute atomic E-state index is 12.9. The van der Waals surface area contributed by atoms with Gasteiger partial charge in [0.05, 0.1) is 5.92 Å². The molecule has 1 aliphatic carbocycles. The van der Waals surface area contributed by atoms with E-state index >= 15 is 0 Å². The molecule has 25 heavy (non-hydrogen) atoms. The number of carboxylic acid groups (broad SMARTS) is 1. The first-order chi connectivity index (χ1) is 11.9. The van der Waals surface area contributed by atoms with E-state index in [4.69, 9.17) is 5.11 Å². The van der Waals surface area contributed by atoms with Crippen LogP contribution in [0.25, 0.3) is 0 Å². The fraction of sp³-hybridized carbons (Fsp3) is 0.526. The zero-order valence-electron chi connectivity index (χ0n) is 14.4. The summed E-state index contributed by atoms with van der Waals surface area (Å²) in [5.74, 6) is -1.50. The quantitative estimate of drug-likeness (QED) is 0.875. The SMILES string of the molecule is CC1(C(=O)N[C@H]2CC[C@@H](C(=O)O)C2)CCCN1C(=O)c1ccccc1. The van der Waals surface area contributed by atoms with Gasteiger partial charge in [-0.25, -0.2) is 0 Å². The molecule has 2 N–H and O–H groups in total. The molecule has 1 saturated carbocycles. The number of benzene rings is 1. The predicted octanol–water partition coefficient (Wildman–Crippen LogP) is 2.05. The molecule has 1 saturated heterocycles. The van der Waals surface area contributed by atoms with Crippen molar-refractivity contribution in [3.8, 4) is 0 Å². The van der Waals surface area contributed by atoms with Gasteiger partial charge in [0.1, 0.15) is 5.54 Å². The highest BCUT2D eigenvalue weighted by Gasteiger charge is 2.46. The van der Waals surface area contributed by atoms with Crippen molar-refractivity contribution in [3.63, 3.8) is 0 Å². The summed E-state index contributed by atoms with van der Waals surface area (Å²) in [6.45, 7) is 2.36. The smallest absolute Gasteiger partial charge is 0.306 e. The zero-order valence-corrected chi connectivity index (χ0v) is 14.4. The molecule has 0 radical (unpaired) electrons. The van der Waals surface area contributed by atoms with Gasteiger partial charge < -0.3 is 15.3 Å². The van der Waals surface area contributed by atoms with Gasteiger partial charge in [0.15, 0.2) is 0 Å². The second-order valence-electron chi connectivity index (χ2n) is 7.22. The first-order valence-corrected chi connectivity index (χ1v) is 8.82. The third-order valence-corrected chi connectivity index (χ3v) is 5.51. The van der Waals surface area contributed by atoms with Crippen molar-refractivity contribution in [2.45, 2.75) is 50.6 Å². The Bertz CT molecular complexity index is 675. The van der Waals surface area contributed by atoms with Crippen molar-refractivity contribution in [3.05, 3.63) is 35.9 Å². The van der Waals surface area contributed by atoms with Crippen molar-refractivity contribution < 1.29 is 19.5 Å². The largest absolute Gasteiger partial charge is 0.481 e. The molecule has 1 unspecified atom stereocenters. The molecule has 1 aromatic rings. The molecule has 0 aromatic heterocycles. The van der Waals surface area contributed by atoms with Gasteiger partial charge >= 0.3 is 5.97 Å². The van der Waals surface area contributed by atoms with E-state index < -0.39 is 11.5 Å². The zero-order chi connectivity index (χ0) is 18.0. The number of amides is 2. The molecule has 2 amide bonds. The number of carboxylic acids is 1. The van der Waals surface area contributed by atoms with E-state index in [1.807, 2.05) is 18.2 Å². The number of rotatable bonds is 4. The third-order valence-electron chi connectivity index (χ3n) is 5.51. The molecule has 0 bridgehead atoms. The molecule has 1 heterocycles. The monoisotopic (exact) mass is 344 g/mol. The van der Waals surface area contributed by atoms with Crippen LogP contribution in [-0.4, -0.2) is 45.9 Å². The lowest BCUT2D eigenvalue weighted by atomic mass is 9.96. The Morgan fingerprint density at radius 1 is 1.20 bits per heavy atom. The maximum atomic E-state index is 12.9. The minimum atomic E-state index is -0.881. The van der Waals surface area contributed by atoms with Gasteiger partial charge in [-0.2, -0.15) is 0 Å². The molecule has 3 rings (SSSR count). The molecule has 1 aliphatic heterocycles. The van der Waals surface area contributed by atoms with Gasteiger partial charge in [0.2, 0.25) is 5.91 Å². The van der Waals surface area contributed by atoms with Crippen molar-refractivity contribution in [1.29, 1.82) is 0 Å². The molecule has 3 atom stereocenters. The molecule has 6 nitrogen and oxygen atoms in total. The number of carbonyl (C=O) groups is 3. The minimum Gasteiger partial charge on any atom is -0.481 e. The predicted molar refractivity (Wildman–Crippen MR) is 92.0 cm³/mol. The summed E-state index contributed by atoms with van der Waals surface area (Å²) in [6.07, 6.45) is 3.12. The van der Waals surface area contributed by atoms with Crippen LogP contribution < -0.4 is 5.32 Å². The summed E-state index contributed by atoms with van der Waals surface area (Å²) in [5.41, 5.74) is -0.302. The van der Waals surface area contributed by atoms with E-state index in [0.717, 1.165) is 6.42 Å². The van der Waals surface area contributed by atoms with Crippen LogP contribution in [0.5, 0.6) is 0 Å². The Kier molecular flexibility index (Phi) is 4.79. The van der Waals surface area contributed by atoms with Crippen molar-refractivity contribution in [2.24, 2.45) is 5.92 Å². The van der Waals surface area contributed by atoms with Crippen LogP contribution in [0, 0.1) is 5.92 Å². The van der Waals surface area contributed by atoms with Crippen LogP contribution in [0.2, 0.25) is 0 Å². The standard InChI is InChI=1S/C19H24N2O4/c1-19(18(25)20-15-9-8-14(12-15)17(23)24)10-5-11-21(19)16(22)13-6-3-2-4-7-13/h2-4,6-7,14-15H,5,8-12H2,1H3,(H,20,25)(H,23,24)/t14-,15+,19?/m1/s1. The number of likely N-dealkylation sites (tertiary alicyclic amines) is 1. The van der Waals surface area contributed by atoms with E-state index in [-0.39, 0.29) is 23.8 Å². The maximum Gasteiger partial charge on any atom is 0.306 e. The third kappa shape index (κ3) is 3.38. The number of aliphatic carboxylic acids is 1. The van der Waals surface area contributed by atoms with Crippen molar-refractivity contribution >= 4 is 17.8 Å². The molecule has 0 spiro atoms. The number of carbonyl (C=O) groups excluding carboxylic acids is 2. The van der Waals surface area contributed by atoms with Gasteiger partial charge in [0.25, 0.3) is 5.91 Å². The fourth-order valence-electron chi connectivity index (χ4n) is 3.94. The van der Waals surface area contributed by atoms with Crippen LogP contribution in [0.1, 0.15) is 49.4 Å². The van der Waals surface area contributed by atoms with E-state index in [2.05, 4.69) is 5.32 Å². The normalized spacial score (nSPS) is 28.8. The number of nitrogens with one attached hydrogen (secondary N) is 1. The van der Waals surface area contributed by atoms with Gasteiger partial charge in [-0.15, -0.1) is 0 Å². The molecule has 6 heteroatoms. The van der Waals surface area contributed by atoms with Gasteiger partial charge in [-0.3, -0.25) is 14.4 Å². The lowest BCUT2D eigenvalue weighted by molar-refractivity contribution is -0.141. The highest BCUT2D eigenvalue weighted by Crippen LogP contribution is 2.32. The molecular formula is C19H24N2O4. The summed E-state index contributed by atoms with van der Waals surface area (Å²) in [4.78, 5) is 38.4. The Morgan fingerprint density at radius 3 is 2.56 bits per heavy atom. The number of nitrogens with zero attached hydrogens (tertiary/aromatic N) is 1. The molecular weight excluding hydrogens is 320 g/mol. The summed E-state index contributed by atoms with van der Waals surface area (Å²) in [7, 11) is 0. The lowest BCUT2D eigenvalue weighted by Crippen LogP contribution is -2.57. The van der Waals surface area contributed by atoms with Gasteiger partial charge in [-0.1, -0.05) is 18.2 Å². The van der Waals surface area contributed by atoms with E-state index in [1.54, 1.807) is 24.0 Å². The second-order valence-corrected chi connectivity index (χ2v) is 7.22. The average Bonchev–Trinajstić information content (AvgIpc) is 3.22. The van der Waals surface area contributed by atoms with E-state index in [1.165, 1.54) is 0 Å². The molecule has 134 valence electrons. The summed E-state index contributed by atoms with van der Waals surface area (Å²) >= 11 is 0. The molecule has 2 fully saturated rings. The number of hydrogen-bond acceptors (Lipinski definition) is 3. The Labute approximate surface area is 147 Å². The number of hydrogen-bond donors (Lipinski definition) is 2. The van der Waals surface area contributed by atoms with Gasteiger partial charge in [0, 0.05) is 18.2 Å². The minimum absolute atomic E-state index is 0.125. The summed E-state index contributed by atoms with van der Waals surface area (Å²) < 4.78 is 0. The second kappa shape index (κ2) is 6.86. The van der Waals surface area contributed by atoms with Crippen LogP contribution in [0.3, 0.4) is 0 Å². The fourth-order valence-corrected chi connectivity index (χ4v) is 3.94.